The van der Waals surface area contributed by atoms with Gasteiger partial charge in [0.15, 0.2) is 0 Å². The third-order valence-corrected chi connectivity index (χ3v) is 2.80. The number of amides is 3. The Morgan fingerprint density at radius 1 is 1.31 bits per heavy atom. The molecule has 0 saturated carbocycles. The van der Waals surface area contributed by atoms with Crippen molar-refractivity contribution in [2.45, 2.75) is 25.8 Å². The molecule has 1 rings (SSSR count). The van der Waals surface area contributed by atoms with E-state index in [4.69, 9.17) is 5.73 Å². The lowest BCUT2D eigenvalue weighted by Crippen LogP contribution is -2.46. The maximum absolute atomic E-state index is 11.1. The minimum absolute atomic E-state index is 0.147. The molecule has 0 aromatic carbocycles. The highest BCUT2D eigenvalue weighted by Crippen LogP contribution is 2.09. The molecule has 0 aromatic rings. The van der Waals surface area contributed by atoms with Crippen LogP contribution in [0, 0.1) is 0 Å². The lowest BCUT2D eigenvalue weighted by Gasteiger charge is -2.31. The van der Waals surface area contributed by atoms with Gasteiger partial charge in [-0.3, -0.25) is 4.79 Å². The van der Waals surface area contributed by atoms with Crippen molar-refractivity contribution < 1.29 is 9.59 Å². The number of nitrogens with zero attached hydrogens (tertiary/aromatic N) is 1. The number of nitrogens with two attached hydrogens (primary N) is 1. The van der Waals surface area contributed by atoms with Gasteiger partial charge in [-0.1, -0.05) is 0 Å². The average molecular weight is 228 g/mol. The maximum Gasteiger partial charge on any atom is 0.312 e. The van der Waals surface area contributed by atoms with Crippen LogP contribution in [0.2, 0.25) is 0 Å². The lowest BCUT2D eigenvalue weighted by atomic mass is 10.1. The number of primary amides is 1. The Labute approximate surface area is 95.5 Å². The monoisotopic (exact) mass is 228 g/mol. The molecule has 1 aliphatic heterocycles. The van der Waals surface area contributed by atoms with E-state index in [1.807, 2.05) is 4.90 Å². The lowest BCUT2D eigenvalue weighted by molar-refractivity contribution is -0.129. The van der Waals surface area contributed by atoms with Crippen molar-refractivity contribution in [2.75, 3.05) is 26.2 Å². The predicted molar refractivity (Wildman–Crippen MR) is 60.9 cm³/mol. The first-order valence-electron chi connectivity index (χ1n) is 5.62. The van der Waals surface area contributed by atoms with Crippen LogP contribution >= 0.6 is 0 Å². The molecule has 1 fully saturated rings. The normalized spacial score (nSPS) is 17.2. The Morgan fingerprint density at radius 3 is 2.44 bits per heavy atom. The largest absolute Gasteiger partial charge is 0.352 e. The Kier molecular flexibility index (Phi) is 5.04. The Hall–Kier alpha value is -1.30. The second-order valence-corrected chi connectivity index (χ2v) is 4.03. The molecule has 1 heterocycles. The zero-order valence-electron chi connectivity index (χ0n) is 9.66. The summed E-state index contributed by atoms with van der Waals surface area (Å²) >= 11 is 0. The Balaban J connectivity index is 2.08. The molecular formula is C10H20N4O2. The second kappa shape index (κ2) is 6.32. The summed E-state index contributed by atoms with van der Waals surface area (Å²) in [5.74, 6) is 0.147. The smallest absolute Gasteiger partial charge is 0.312 e. The molecular weight excluding hydrogens is 208 g/mol. The number of urea groups is 1. The van der Waals surface area contributed by atoms with Crippen LogP contribution in [0.15, 0.2) is 0 Å². The molecule has 4 N–H and O–H groups in total. The van der Waals surface area contributed by atoms with E-state index >= 15 is 0 Å². The molecule has 0 radical (unpaired) electrons. The SMILES string of the molecule is CC(=O)N1CCC(NCCNC(N)=O)CC1. The molecule has 92 valence electrons. The van der Waals surface area contributed by atoms with Crippen molar-refractivity contribution in [1.29, 1.82) is 0 Å². The summed E-state index contributed by atoms with van der Waals surface area (Å²) in [5, 5.41) is 5.85. The van der Waals surface area contributed by atoms with Gasteiger partial charge in [0.2, 0.25) is 5.91 Å². The minimum atomic E-state index is -0.492. The quantitative estimate of drug-likeness (QED) is 0.554. The average Bonchev–Trinajstić information content (AvgIpc) is 2.25. The maximum atomic E-state index is 11.1. The van der Waals surface area contributed by atoms with Crippen molar-refractivity contribution in [3.05, 3.63) is 0 Å². The highest BCUT2D eigenvalue weighted by molar-refractivity contribution is 5.73. The zero-order chi connectivity index (χ0) is 12.0. The molecule has 0 atom stereocenters. The van der Waals surface area contributed by atoms with Crippen molar-refractivity contribution >= 4 is 11.9 Å². The van der Waals surface area contributed by atoms with Gasteiger partial charge in [-0.2, -0.15) is 0 Å². The molecule has 0 unspecified atom stereocenters. The number of likely N-dealkylation sites (tertiary alicyclic amines) is 1. The molecule has 0 aliphatic carbocycles. The van der Waals surface area contributed by atoms with Gasteiger partial charge >= 0.3 is 6.03 Å². The standard InChI is InChI=1S/C10H20N4O2/c1-8(15)14-6-2-9(3-7-14)12-4-5-13-10(11)16/h9,12H,2-7H2,1H3,(H3,11,13,16). The van der Waals surface area contributed by atoms with Crippen LogP contribution in [0.4, 0.5) is 4.79 Å². The van der Waals surface area contributed by atoms with Gasteiger partial charge in [0.25, 0.3) is 0 Å². The number of carbonyl (C=O) groups excluding carboxylic acids is 2. The predicted octanol–water partition coefficient (Wildman–Crippen LogP) is -0.745. The number of hydrogen-bond donors (Lipinski definition) is 3. The zero-order valence-corrected chi connectivity index (χ0v) is 9.66. The van der Waals surface area contributed by atoms with Gasteiger partial charge < -0.3 is 21.3 Å². The Morgan fingerprint density at radius 2 is 1.94 bits per heavy atom. The van der Waals surface area contributed by atoms with E-state index in [0.717, 1.165) is 25.9 Å². The summed E-state index contributed by atoms with van der Waals surface area (Å²) < 4.78 is 0. The second-order valence-electron chi connectivity index (χ2n) is 4.03. The molecule has 3 amide bonds. The van der Waals surface area contributed by atoms with Crippen LogP contribution < -0.4 is 16.4 Å². The molecule has 0 aromatic heterocycles. The van der Waals surface area contributed by atoms with Gasteiger partial charge in [0, 0.05) is 39.1 Å². The van der Waals surface area contributed by atoms with Crippen LogP contribution in [0.25, 0.3) is 0 Å². The van der Waals surface area contributed by atoms with Crippen LogP contribution in [0.5, 0.6) is 0 Å². The highest BCUT2D eigenvalue weighted by atomic mass is 16.2. The summed E-state index contributed by atoms with van der Waals surface area (Å²) in [4.78, 5) is 23.4. The summed E-state index contributed by atoms with van der Waals surface area (Å²) in [6.07, 6.45) is 1.94. The van der Waals surface area contributed by atoms with Crippen molar-refractivity contribution in [2.24, 2.45) is 5.73 Å². The molecule has 1 saturated heterocycles. The molecule has 16 heavy (non-hydrogen) atoms. The fraction of sp³-hybridized carbons (Fsp3) is 0.800. The summed E-state index contributed by atoms with van der Waals surface area (Å²) in [6.45, 7) is 4.49. The van der Waals surface area contributed by atoms with Crippen molar-refractivity contribution in [1.82, 2.24) is 15.5 Å². The molecule has 0 bridgehead atoms. The Bertz CT molecular complexity index is 249. The van der Waals surface area contributed by atoms with Crippen LogP contribution in [-0.4, -0.2) is 49.1 Å². The van der Waals surface area contributed by atoms with E-state index in [9.17, 15) is 9.59 Å². The number of carbonyl (C=O) groups is 2. The third-order valence-electron chi connectivity index (χ3n) is 2.80. The third kappa shape index (κ3) is 4.48. The topological polar surface area (TPSA) is 87.5 Å². The fourth-order valence-electron chi connectivity index (χ4n) is 1.86. The molecule has 6 heteroatoms. The summed E-state index contributed by atoms with van der Waals surface area (Å²) in [7, 11) is 0. The first-order chi connectivity index (χ1) is 7.59. The fourth-order valence-corrected chi connectivity index (χ4v) is 1.86. The molecule has 0 spiro atoms. The van der Waals surface area contributed by atoms with Gasteiger partial charge in [-0.05, 0) is 12.8 Å². The van der Waals surface area contributed by atoms with Gasteiger partial charge in [0.1, 0.15) is 0 Å². The van der Waals surface area contributed by atoms with Crippen LogP contribution in [0.1, 0.15) is 19.8 Å². The van der Waals surface area contributed by atoms with E-state index in [-0.39, 0.29) is 5.91 Å². The first kappa shape index (κ1) is 12.8. The summed E-state index contributed by atoms with van der Waals surface area (Å²) in [6, 6.07) is -0.0570. The molecule has 1 aliphatic rings. The highest BCUT2D eigenvalue weighted by Gasteiger charge is 2.19. The van der Waals surface area contributed by atoms with Gasteiger partial charge in [-0.15, -0.1) is 0 Å². The number of hydrogen-bond acceptors (Lipinski definition) is 3. The molecule has 6 nitrogen and oxygen atoms in total. The van der Waals surface area contributed by atoms with E-state index in [2.05, 4.69) is 10.6 Å². The van der Waals surface area contributed by atoms with Gasteiger partial charge in [0.05, 0.1) is 0 Å². The number of piperidine rings is 1. The number of nitrogens with one attached hydrogen (secondary N) is 2. The van der Waals surface area contributed by atoms with Crippen molar-refractivity contribution in [3.8, 4) is 0 Å². The van der Waals surface area contributed by atoms with E-state index in [1.165, 1.54) is 0 Å². The summed E-state index contributed by atoms with van der Waals surface area (Å²) in [5.41, 5.74) is 4.94. The minimum Gasteiger partial charge on any atom is -0.352 e. The van der Waals surface area contributed by atoms with E-state index < -0.39 is 6.03 Å². The van der Waals surface area contributed by atoms with Crippen LogP contribution in [0.3, 0.4) is 0 Å². The van der Waals surface area contributed by atoms with Crippen LogP contribution in [-0.2, 0) is 4.79 Å². The van der Waals surface area contributed by atoms with Crippen molar-refractivity contribution in [3.63, 3.8) is 0 Å². The first-order valence-corrected chi connectivity index (χ1v) is 5.62. The van der Waals surface area contributed by atoms with E-state index in [1.54, 1.807) is 6.92 Å². The van der Waals surface area contributed by atoms with E-state index in [0.29, 0.717) is 19.1 Å². The van der Waals surface area contributed by atoms with Gasteiger partial charge in [-0.25, -0.2) is 4.79 Å². The number of rotatable bonds is 4.